The van der Waals surface area contributed by atoms with Crippen LogP contribution in [-0.2, 0) is 9.22 Å². The molecule has 0 saturated carbocycles. The second kappa shape index (κ2) is 10.7. The molecule has 2 N–H and O–H groups in total. The summed E-state index contributed by atoms with van der Waals surface area (Å²) < 4.78 is 7.10. The van der Waals surface area contributed by atoms with Gasteiger partial charge in [-0.15, -0.1) is 0 Å². The van der Waals surface area contributed by atoms with Crippen LogP contribution >= 0.6 is 12.2 Å². The molecule has 0 fully saturated rings. The average molecular weight is 530 g/mol. The van der Waals surface area contributed by atoms with Gasteiger partial charge in [-0.25, -0.2) is 0 Å². The van der Waals surface area contributed by atoms with E-state index >= 15 is 0 Å². The van der Waals surface area contributed by atoms with E-state index in [9.17, 15) is 9.90 Å². The predicted octanol–water partition coefficient (Wildman–Crippen LogP) is 6.18. The molecule has 0 heterocycles. The highest BCUT2D eigenvalue weighted by Gasteiger charge is 2.51. The molecule has 4 nitrogen and oxygen atoms in total. The zero-order chi connectivity index (χ0) is 26.7. The van der Waals surface area contributed by atoms with Gasteiger partial charge in [-0.2, -0.15) is 0 Å². The number of anilines is 1. The maximum Gasteiger partial charge on any atom is 0.261 e. The van der Waals surface area contributed by atoms with E-state index in [0.29, 0.717) is 13.0 Å². The van der Waals surface area contributed by atoms with Gasteiger partial charge in [0.25, 0.3) is 8.32 Å². The third-order valence-electron chi connectivity index (χ3n) is 7.06. The first-order chi connectivity index (χ1) is 17.6. The molecule has 3 aromatic carbocycles. The van der Waals surface area contributed by atoms with Gasteiger partial charge in [-0.3, -0.25) is 4.79 Å². The van der Waals surface area contributed by atoms with Gasteiger partial charge in [-0.1, -0.05) is 119 Å². The van der Waals surface area contributed by atoms with Crippen LogP contribution in [0.4, 0.5) is 5.69 Å². The number of hydrogen-bond acceptors (Lipinski definition) is 4. The second-order valence-electron chi connectivity index (χ2n) is 11.2. The van der Waals surface area contributed by atoms with Crippen LogP contribution < -0.4 is 15.7 Å². The smallest absolute Gasteiger partial charge is 0.261 e. The summed E-state index contributed by atoms with van der Waals surface area (Å²) in [5.41, 5.74) is 0.436. The third kappa shape index (κ3) is 5.61. The molecule has 0 saturated heterocycles. The maximum atomic E-state index is 13.3. The van der Waals surface area contributed by atoms with Crippen molar-refractivity contribution in [1.82, 2.24) is 0 Å². The van der Waals surface area contributed by atoms with Crippen LogP contribution in [0.25, 0.3) is 0 Å². The van der Waals surface area contributed by atoms with Crippen LogP contribution in [0.3, 0.4) is 0 Å². The number of carbonyl (C=O) groups is 1. The first kappa shape index (κ1) is 27.0. The molecule has 0 spiro atoms. The normalized spacial score (nSPS) is 18.5. The Labute approximate surface area is 226 Å². The van der Waals surface area contributed by atoms with Crippen molar-refractivity contribution in [2.75, 3.05) is 11.9 Å². The zero-order valence-electron chi connectivity index (χ0n) is 22.0. The van der Waals surface area contributed by atoms with Crippen LogP contribution in [0.5, 0.6) is 0 Å². The Bertz CT molecular complexity index is 1250. The minimum Gasteiger partial charge on any atom is -0.511 e. The first-order valence-electron chi connectivity index (χ1n) is 12.6. The minimum absolute atomic E-state index is 0.0261. The van der Waals surface area contributed by atoms with Crippen molar-refractivity contribution in [3.63, 3.8) is 0 Å². The van der Waals surface area contributed by atoms with Crippen LogP contribution in [0, 0.1) is 5.41 Å². The molecule has 4 rings (SSSR count). The molecule has 1 unspecified atom stereocenters. The Morgan fingerprint density at radius 3 is 1.86 bits per heavy atom. The fourth-order valence-electron chi connectivity index (χ4n) is 5.31. The topological polar surface area (TPSA) is 58.6 Å². The highest BCUT2D eigenvalue weighted by atomic mass is 32.1. The number of aliphatic hydroxyl groups excluding tert-OH is 1. The number of carbonyl (C=O) groups excluding carboxylic acids is 1. The number of allylic oxidation sites excluding steroid dienone is 1. The molecule has 3 aromatic rings. The van der Waals surface area contributed by atoms with Crippen LogP contribution in [0.2, 0.25) is 5.04 Å². The Balaban J connectivity index is 1.64. The largest absolute Gasteiger partial charge is 0.511 e. The van der Waals surface area contributed by atoms with Crippen molar-refractivity contribution in [1.29, 1.82) is 0 Å². The van der Waals surface area contributed by atoms with Crippen molar-refractivity contribution < 1.29 is 14.3 Å². The number of hydrogen-bond donors (Lipinski definition) is 2. The zero-order valence-corrected chi connectivity index (χ0v) is 23.8. The molecule has 37 heavy (non-hydrogen) atoms. The van der Waals surface area contributed by atoms with Gasteiger partial charge in [0.1, 0.15) is 10.7 Å². The number of aliphatic hydroxyl groups is 1. The van der Waals surface area contributed by atoms with Gasteiger partial charge >= 0.3 is 0 Å². The number of para-hydroxylation sites is 1. The SMILES string of the molecule is CC1(CO[Si](c2ccccc2)(c2ccccc2)C(C)(C)C)CC(=O)C(C(=S)Nc2ccccc2)=C(O)C1. The lowest BCUT2D eigenvalue weighted by molar-refractivity contribution is -0.118. The van der Waals surface area contributed by atoms with Crippen molar-refractivity contribution in [3.05, 3.63) is 102 Å². The van der Waals surface area contributed by atoms with E-state index in [1.54, 1.807) is 0 Å². The number of ketones is 1. The summed E-state index contributed by atoms with van der Waals surface area (Å²) >= 11 is 5.51. The number of benzene rings is 3. The van der Waals surface area contributed by atoms with Gasteiger partial charge in [0.2, 0.25) is 0 Å². The van der Waals surface area contributed by atoms with E-state index in [2.05, 4.69) is 74.6 Å². The number of nitrogens with one attached hydrogen (secondary N) is 1. The third-order valence-corrected chi connectivity index (χ3v) is 12.4. The van der Waals surface area contributed by atoms with Gasteiger partial charge in [0.15, 0.2) is 5.78 Å². The van der Waals surface area contributed by atoms with E-state index in [1.807, 2.05) is 49.4 Å². The molecule has 192 valence electrons. The molecule has 0 bridgehead atoms. The minimum atomic E-state index is -2.76. The highest BCUT2D eigenvalue weighted by molar-refractivity contribution is 7.81. The monoisotopic (exact) mass is 529 g/mol. The number of rotatable bonds is 7. The molecular formula is C31H35NO3SSi. The van der Waals surface area contributed by atoms with E-state index in [1.165, 1.54) is 10.4 Å². The van der Waals surface area contributed by atoms with E-state index in [0.717, 1.165) is 5.69 Å². The maximum absolute atomic E-state index is 13.3. The van der Waals surface area contributed by atoms with Gasteiger partial charge < -0.3 is 14.8 Å². The molecule has 1 aliphatic rings. The summed E-state index contributed by atoms with van der Waals surface area (Å²) in [5, 5.41) is 16.3. The van der Waals surface area contributed by atoms with Crippen molar-refractivity contribution in [2.45, 2.75) is 45.6 Å². The molecule has 1 atom stereocenters. The molecular weight excluding hydrogens is 494 g/mol. The van der Waals surface area contributed by atoms with Crippen molar-refractivity contribution in [2.24, 2.45) is 5.41 Å². The molecule has 6 heteroatoms. The summed E-state index contributed by atoms with van der Waals surface area (Å²) in [6.07, 6.45) is 0.574. The standard InChI is InChI=1S/C31H35NO3SSi/c1-30(2,3)37(24-16-10-6-11-17-24,25-18-12-7-13-19-25)35-22-31(4)20-26(33)28(27(34)21-31)29(36)32-23-14-8-5-9-15-23/h5-19,33H,20-22H2,1-4H3,(H,32,36). The van der Waals surface area contributed by atoms with Gasteiger partial charge in [0.05, 0.1) is 5.57 Å². The quantitative estimate of drug-likeness (QED) is 0.283. The Morgan fingerprint density at radius 2 is 1.41 bits per heavy atom. The molecule has 0 radical (unpaired) electrons. The lowest BCUT2D eigenvalue weighted by atomic mass is 9.75. The van der Waals surface area contributed by atoms with E-state index in [-0.39, 0.29) is 33.6 Å². The first-order valence-corrected chi connectivity index (χ1v) is 14.9. The van der Waals surface area contributed by atoms with Crippen LogP contribution in [-0.4, -0.2) is 30.8 Å². The molecule has 0 amide bonds. The summed E-state index contributed by atoms with van der Waals surface area (Å²) in [7, 11) is -2.76. The van der Waals surface area contributed by atoms with Crippen molar-refractivity contribution >= 4 is 47.4 Å². The average Bonchev–Trinajstić information content (AvgIpc) is 2.85. The van der Waals surface area contributed by atoms with E-state index in [4.69, 9.17) is 16.6 Å². The van der Waals surface area contributed by atoms with Crippen LogP contribution in [0.1, 0.15) is 40.5 Å². The number of thiocarbonyl (C=S) groups is 1. The Morgan fingerprint density at radius 1 is 0.919 bits per heavy atom. The highest BCUT2D eigenvalue weighted by Crippen LogP contribution is 2.42. The van der Waals surface area contributed by atoms with Crippen LogP contribution in [0.15, 0.2) is 102 Å². The Hall–Kier alpha value is -3.06. The summed E-state index contributed by atoms with van der Waals surface area (Å²) in [6.45, 7) is 9.07. The summed E-state index contributed by atoms with van der Waals surface area (Å²) in [5.74, 6) is -0.135. The molecule has 0 aromatic heterocycles. The second-order valence-corrected chi connectivity index (χ2v) is 15.9. The summed E-state index contributed by atoms with van der Waals surface area (Å²) in [6, 6.07) is 30.3. The predicted molar refractivity (Wildman–Crippen MR) is 158 cm³/mol. The fraction of sp³-hybridized carbons (Fsp3) is 0.290. The molecule has 1 aliphatic carbocycles. The number of Topliss-reactive ketones (excluding diaryl/α,β-unsaturated/α-hetero) is 1. The van der Waals surface area contributed by atoms with Gasteiger partial charge in [-0.05, 0) is 27.5 Å². The van der Waals surface area contributed by atoms with E-state index < -0.39 is 13.7 Å². The lowest BCUT2D eigenvalue weighted by Gasteiger charge is -2.45. The van der Waals surface area contributed by atoms with Crippen molar-refractivity contribution in [3.8, 4) is 0 Å². The fourth-order valence-corrected chi connectivity index (χ4v) is 10.4. The Kier molecular flexibility index (Phi) is 7.83. The van der Waals surface area contributed by atoms with Gasteiger partial charge in [0, 0.05) is 30.6 Å². The lowest BCUT2D eigenvalue weighted by Crippen LogP contribution is -2.67. The summed E-state index contributed by atoms with van der Waals surface area (Å²) in [4.78, 5) is 13.6. The molecule has 0 aliphatic heterocycles.